The average Bonchev–Trinajstić information content (AvgIpc) is 2.39. The van der Waals surface area contributed by atoms with Crippen molar-refractivity contribution < 1.29 is 4.79 Å². The van der Waals surface area contributed by atoms with E-state index >= 15 is 0 Å². The summed E-state index contributed by atoms with van der Waals surface area (Å²) in [7, 11) is 3.46. The molecule has 0 aliphatic heterocycles. The number of nitrogen functional groups attached to an aromatic ring is 1. The number of rotatable bonds is 6. The average molecular weight is 281 g/mol. The molecule has 5 heteroatoms. The summed E-state index contributed by atoms with van der Waals surface area (Å²) in [5.74, 6) is -0.0331. The van der Waals surface area contributed by atoms with Gasteiger partial charge >= 0.3 is 0 Å². The zero-order valence-electron chi connectivity index (χ0n) is 12.1. The maximum atomic E-state index is 11.8. The number of nitrogens with zero attached hydrogens (tertiary/aromatic N) is 1. The molecule has 1 amide bonds. The van der Waals surface area contributed by atoms with Gasteiger partial charge in [0.25, 0.3) is 5.91 Å². The van der Waals surface area contributed by atoms with E-state index in [1.54, 1.807) is 31.1 Å². The van der Waals surface area contributed by atoms with E-state index in [0.717, 1.165) is 18.7 Å². The van der Waals surface area contributed by atoms with Gasteiger partial charge in [-0.1, -0.05) is 6.92 Å². The normalized spacial score (nSPS) is 12.0. The molecule has 3 N–H and O–H groups in total. The lowest BCUT2D eigenvalue weighted by Gasteiger charge is -2.14. The van der Waals surface area contributed by atoms with Crippen molar-refractivity contribution in [2.75, 3.05) is 37.9 Å². The number of amides is 1. The van der Waals surface area contributed by atoms with Gasteiger partial charge in [-0.25, -0.2) is 0 Å². The maximum Gasteiger partial charge on any atom is 0.253 e. The van der Waals surface area contributed by atoms with E-state index in [4.69, 9.17) is 5.73 Å². The van der Waals surface area contributed by atoms with Gasteiger partial charge in [0.2, 0.25) is 0 Å². The monoisotopic (exact) mass is 281 g/mol. The number of thioether (sulfide) groups is 1. The largest absolute Gasteiger partial charge is 0.397 e. The second-order valence-corrected chi connectivity index (χ2v) is 6.04. The molecule has 106 valence electrons. The van der Waals surface area contributed by atoms with Gasteiger partial charge in [-0.3, -0.25) is 4.79 Å². The molecule has 1 atom stereocenters. The third-order valence-corrected chi connectivity index (χ3v) is 4.01. The molecular formula is C14H23N3OS. The first-order chi connectivity index (χ1) is 8.95. The van der Waals surface area contributed by atoms with Crippen LogP contribution in [-0.2, 0) is 0 Å². The summed E-state index contributed by atoms with van der Waals surface area (Å²) in [6.45, 7) is 3.09. The molecule has 1 rings (SSSR count). The molecule has 0 saturated carbocycles. The van der Waals surface area contributed by atoms with Crippen LogP contribution in [-0.4, -0.2) is 43.0 Å². The highest BCUT2D eigenvalue weighted by Crippen LogP contribution is 2.21. The van der Waals surface area contributed by atoms with Crippen molar-refractivity contribution in [2.45, 2.75) is 18.6 Å². The minimum Gasteiger partial charge on any atom is -0.397 e. The first-order valence-corrected chi connectivity index (χ1v) is 7.62. The van der Waals surface area contributed by atoms with Crippen LogP contribution in [0.5, 0.6) is 0 Å². The Morgan fingerprint density at radius 3 is 2.68 bits per heavy atom. The van der Waals surface area contributed by atoms with Crippen molar-refractivity contribution in [1.29, 1.82) is 0 Å². The maximum absolute atomic E-state index is 11.8. The van der Waals surface area contributed by atoms with Gasteiger partial charge in [-0.05, 0) is 30.9 Å². The van der Waals surface area contributed by atoms with Gasteiger partial charge in [0, 0.05) is 31.5 Å². The fourth-order valence-electron chi connectivity index (χ4n) is 1.64. The molecule has 0 aliphatic carbocycles. The predicted molar refractivity (Wildman–Crippen MR) is 85.0 cm³/mol. The summed E-state index contributed by atoms with van der Waals surface area (Å²) < 4.78 is 0. The molecule has 1 aromatic carbocycles. The molecule has 1 aromatic rings. The first-order valence-electron chi connectivity index (χ1n) is 6.33. The Hall–Kier alpha value is -1.36. The Balaban J connectivity index is 2.65. The number of nitrogens with one attached hydrogen (secondary N) is 1. The highest BCUT2D eigenvalue weighted by Gasteiger charge is 2.09. The topological polar surface area (TPSA) is 58.4 Å². The fourth-order valence-corrected chi connectivity index (χ4v) is 2.00. The quantitative estimate of drug-likeness (QED) is 0.787. The van der Waals surface area contributed by atoms with Crippen molar-refractivity contribution in [3.05, 3.63) is 23.8 Å². The van der Waals surface area contributed by atoms with Gasteiger partial charge in [0.05, 0.1) is 11.4 Å². The zero-order valence-corrected chi connectivity index (χ0v) is 12.9. The summed E-state index contributed by atoms with van der Waals surface area (Å²) >= 11 is 1.85. The van der Waals surface area contributed by atoms with Crippen molar-refractivity contribution in [3.63, 3.8) is 0 Å². The predicted octanol–water partition coefficient (Wildman–Crippen LogP) is 2.52. The molecule has 4 nitrogen and oxygen atoms in total. The number of hydrogen-bond donors (Lipinski definition) is 2. The Bertz CT molecular complexity index is 435. The Morgan fingerprint density at radius 1 is 1.47 bits per heavy atom. The molecule has 0 spiro atoms. The van der Waals surface area contributed by atoms with Crippen LogP contribution in [0.25, 0.3) is 0 Å². The van der Waals surface area contributed by atoms with E-state index in [0.29, 0.717) is 16.5 Å². The number of benzene rings is 1. The van der Waals surface area contributed by atoms with Crippen LogP contribution < -0.4 is 11.1 Å². The summed E-state index contributed by atoms with van der Waals surface area (Å²) in [5.41, 5.74) is 8.09. The Kier molecular flexibility index (Phi) is 6.02. The number of hydrogen-bond acceptors (Lipinski definition) is 4. The number of carbonyl (C=O) groups is 1. The second-order valence-electron chi connectivity index (χ2n) is 4.76. The Morgan fingerprint density at radius 2 is 2.16 bits per heavy atom. The number of nitrogens with two attached hydrogens (primary N) is 1. The lowest BCUT2D eigenvalue weighted by Crippen LogP contribution is -2.21. The highest BCUT2D eigenvalue weighted by molar-refractivity contribution is 7.99. The van der Waals surface area contributed by atoms with E-state index in [-0.39, 0.29) is 5.91 Å². The molecular weight excluding hydrogens is 258 g/mol. The van der Waals surface area contributed by atoms with Gasteiger partial charge in [0.15, 0.2) is 0 Å². The second kappa shape index (κ2) is 7.28. The van der Waals surface area contributed by atoms with Crippen molar-refractivity contribution in [1.82, 2.24) is 4.90 Å². The third-order valence-electron chi connectivity index (χ3n) is 2.97. The van der Waals surface area contributed by atoms with Crippen LogP contribution >= 0.6 is 11.8 Å². The molecule has 0 aliphatic rings. The first kappa shape index (κ1) is 15.7. The van der Waals surface area contributed by atoms with E-state index in [2.05, 4.69) is 18.5 Å². The van der Waals surface area contributed by atoms with Gasteiger partial charge in [0.1, 0.15) is 0 Å². The smallest absolute Gasteiger partial charge is 0.253 e. The fraction of sp³-hybridized carbons (Fsp3) is 0.500. The summed E-state index contributed by atoms with van der Waals surface area (Å²) in [6, 6.07) is 5.40. The van der Waals surface area contributed by atoms with E-state index in [1.807, 2.05) is 17.8 Å². The van der Waals surface area contributed by atoms with Crippen LogP contribution in [0.4, 0.5) is 11.4 Å². The van der Waals surface area contributed by atoms with Gasteiger partial charge in [-0.15, -0.1) is 0 Å². The van der Waals surface area contributed by atoms with Crippen LogP contribution in [0.3, 0.4) is 0 Å². The van der Waals surface area contributed by atoms with Crippen molar-refractivity contribution in [3.8, 4) is 0 Å². The van der Waals surface area contributed by atoms with Crippen molar-refractivity contribution in [2.24, 2.45) is 0 Å². The molecule has 19 heavy (non-hydrogen) atoms. The van der Waals surface area contributed by atoms with Gasteiger partial charge in [-0.2, -0.15) is 11.8 Å². The van der Waals surface area contributed by atoms with Gasteiger partial charge < -0.3 is 16.0 Å². The lowest BCUT2D eigenvalue weighted by molar-refractivity contribution is 0.0827. The highest BCUT2D eigenvalue weighted by atomic mass is 32.2. The molecule has 0 heterocycles. The summed E-state index contributed by atoms with van der Waals surface area (Å²) in [4.78, 5) is 13.3. The molecule has 1 unspecified atom stereocenters. The molecule has 0 saturated heterocycles. The van der Waals surface area contributed by atoms with E-state index in [9.17, 15) is 4.79 Å². The molecule has 0 fully saturated rings. The van der Waals surface area contributed by atoms with E-state index in [1.165, 1.54) is 0 Å². The summed E-state index contributed by atoms with van der Waals surface area (Å²) in [5, 5.41) is 3.94. The number of carbonyl (C=O) groups excluding carboxylic acids is 1. The zero-order chi connectivity index (χ0) is 14.4. The molecule has 0 bridgehead atoms. The third kappa shape index (κ3) is 4.67. The molecule has 0 radical (unpaired) electrons. The van der Waals surface area contributed by atoms with Crippen LogP contribution in [0.2, 0.25) is 0 Å². The number of anilines is 2. The minimum atomic E-state index is -0.0331. The van der Waals surface area contributed by atoms with Crippen LogP contribution in [0.1, 0.15) is 23.7 Å². The van der Waals surface area contributed by atoms with Crippen molar-refractivity contribution >= 4 is 29.0 Å². The Labute approximate surface area is 119 Å². The molecule has 0 aromatic heterocycles. The minimum absolute atomic E-state index is 0.0331. The lowest BCUT2D eigenvalue weighted by atomic mass is 10.1. The van der Waals surface area contributed by atoms with Crippen LogP contribution in [0.15, 0.2) is 18.2 Å². The SMILES string of the molecule is CSC(C)CCNc1ccc(C(=O)N(C)C)cc1N. The standard InChI is InChI=1S/C14H23N3OS/c1-10(19-4)7-8-16-13-6-5-11(9-12(13)15)14(18)17(2)3/h5-6,9-10,16H,7-8,15H2,1-4H3. The van der Waals surface area contributed by atoms with E-state index < -0.39 is 0 Å². The van der Waals surface area contributed by atoms with Crippen LogP contribution in [0, 0.1) is 0 Å². The summed E-state index contributed by atoms with van der Waals surface area (Å²) in [6.07, 6.45) is 3.19.